The Morgan fingerprint density at radius 3 is 2.37 bits per heavy atom. The summed E-state index contributed by atoms with van der Waals surface area (Å²) in [6.45, 7) is 10.9. The number of nitrogens with zero attached hydrogens (tertiary/aromatic N) is 1. The summed E-state index contributed by atoms with van der Waals surface area (Å²) in [5.74, 6) is 1.03. The van der Waals surface area contributed by atoms with Gasteiger partial charge in [-0.3, -0.25) is 4.90 Å². The highest BCUT2D eigenvalue weighted by Gasteiger charge is 2.18. The second-order valence-electron chi connectivity index (χ2n) is 5.57. The summed E-state index contributed by atoms with van der Waals surface area (Å²) in [7, 11) is 0. The van der Waals surface area contributed by atoms with E-state index in [4.69, 9.17) is 0 Å². The molecular weight excluding hydrogens is 302 g/mol. The van der Waals surface area contributed by atoms with Crippen molar-refractivity contribution < 1.29 is 5.11 Å². The highest BCUT2D eigenvalue weighted by atomic mass is 79.9. The molecule has 0 aliphatic heterocycles. The van der Waals surface area contributed by atoms with E-state index in [1.165, 1.54) is 0 Å². The summed E-state index contributed by atoms with van der Waals surface area (Å²) >= 11 is 3.48. The Hall–Kier alpha value is -0.540. The molecule has 0 amide bonds. The maximum atomic E-state index is 10.00. The van der Waals surface area contributed by atoms with Crippen LogP contribution in [-0.2, 0) is 6.54 Å². The molecule has 108 valence electrons. The normalized spacial score (nSPS) is 11.8. The fourth-order valence-electron chi connectivity index (χ4n) is 2.52. The van der Waals surface area contributed by atoms with Crippen molar-refractivity contribution in [2.45, 2.75) is 53.1 Å². The van der Waals surface area contributed by atoms with Crippen LogP contribution in [0.25, 0.3) is 0 Å². The SMILES string of the molecule is CCC(CC)N(Cc1cc(Br)ccc1O)CC(C)C. The number of benzene rings is 1. The second-order valence-corrected chi connectivity index (χ2v) is 6.48. The topological polar surface area (TPSA) is 23.5 Å². The molecule has 0 atom stereocenters. The summed E-state index contributed by atoms with van der Waals surface area (Å²) in [6, 6.07) is 6.24. The summed E-state index contributed by atoms with van der Waals surface area (Å²) in [6.07, 6.45) is 2.30. The number of phenols is 1. The number of hydrogen-bond acceptors (Lipinski definition) is 2. The first-order valence-corrected chi connectivity index (χ1v) is 7.98. The molecule has 0 bridgehead atoms. The van der Waals surface area contributed by atoms with Crippen molar-refractivity contribution >= 4 is 15.9 Å². The third-order valence-corrected chi connectivity index (χ3v) is 3.97. The molecule has 19 heavy (non-hydrogen) atoms. The zero-order valence-electron chi connectivity index (χ0n) is 12.5. The Kier molecular flexibility index (Phi) is 6.87. The molecule has 1 rings (SSSR count). The van der Waals surface area contributed by atoms with Crippen LogP contribution in [0.2, 0.25) is 0 Å². The van der Waals surface area contributed by atoms with E-state index in [9.17, 15) is 5.11 Å². The van der Waals surface area contributed by atoms with E-state index < -0.39 is 0 Å². The first kappa shape index (κ1) is 16.5. The van der Waals surface area contributed by atoms with E-state index in [1.807, 2.05) is 12.1 Å². The smallest absolute Gasteiger partial charge is 0.120 e. The minimum absolute atomic E-state index is 0.392. The zero-order valence-corrected chi connectivity index (χ0v) is 14.1. The Morgan fingerprint density at radius 2 is 1.84 bits per heavy atom. The Morgan fingerprint density at radius 1 is 1.21 bits per heavy atom. The number of phenolic OH excluding ortho intramolecular Hbond substituents is 1. The van der Waals surface area contributed by atoms with Gasteiger partial charge in [0.1, 0.15) is 5.75 Å². The Bertz CT molecular complexity index is 388. The summed E-state index contributed by atoms with van der Waals surface area (Å²) in [5.41, 5.74) is 1.00. The number of aromatic hydroxyl groups is 1. The van der Waals surface area contributed by atoms with Crippen molar-refractivity contribution in [2.24, 2.45) is 5.92 Å². The Balaban J connectivity index is 2.89. The average molecular weight is 328 g/mol. The van der Waals surface area contributed by atoms with Gasteiger partial charge in [0.25, 0.3) is 0 Å². The maximum absolute atomic E-state index is 10.00. The molecule has 0 unspecified atom stereocenters. The minimum Gasteiger partial charge on any atom is -0.508 e. The molecule has 0 spiro atoms. The van der Waals surface area contributed by atoms with Crippen molar-refractivity contribution in [1.82, 2.24) is 4.90 Å². The van der Waals surface area contributed by atoms with Crippen molar-refractivity contribution in [1.29, 1.82) is 0 Å². The molecule has 0 aromatic heterocycles. The molecule has 0 saturated heterocycles. The fraction of sp³-hybridized carbons (Fsp3) is 0.625. The van der Waals surface area contributed by atoms with E-state index >= 15 is 0 Å². The average Bonchev–Trinajstić information content (AvgIpc) is 2.34. The molecule has 3 heteroatoms. The van der Waals surface area contributed by atoms with Crippen LogP contribution in [0.15, 0.2) is 22.7 Å². The standard InChI is InChI=1S/C16H26BrNO/c1-5-15(6-2)18(10-12(3)4)11-13-9-14(17)7-8-16(13)19/h7-9,12,15,19H,5-6,10-11H2,1-4H3. The fourth-order valence-corrected chi connectivity index (χ4v) is 2.92. The van der Waals surface area contributed by atoms with E-state index in [0.29, 0.717) is 17.7 Å². The largest absolute Gasteiger partial charge is 0.508 e. The lowest BCUT2D eigenvalue weighted by atomic mass is 10.1. The van der Waals surface area contributed by atoms with E-state index in [1.54, 1.807) is 6.07 Å². The molecular formula is C16H26BrNO. The van der Waals surface area contributed by atoms with E-state index in [0.717, 1.165) is 36.0 Å². The molecule has 1 N–H and O–H groups in total. The van der Waals surface area contributed by atoms with Crippen LogP contribution in [0.3, 0.4) is 0 Å². The monoisotopic (exact) mass is 327 g/mol. The van der Waals surface area contributed by atoms with E-state index in [2.05, 4.69) is 48.5 Å². The van der Waals surface area contributed by atoms with Crippen LogP contribution in [0, 0.1) is 5.92 Å². The van der Waals surface area contributed by atoms with Gasteiger partial charge in [-0.2, -0.15) is 0 Å². The quantitative estimate of drug-likeness (QED) is 0.777. The molecule has 1 aromatic carbocycles. The van der Waals surface area contributed by atoms with Gasteiger partial charge in [0.05, 0.1) is 0 Å². The lowest BCUT2D eigenvalue weighted by molar-refractivity contribution is 0.156. The van der Waals surface area contributed by atoms with Crippen molar-refractivity contribution in [3.8, 4) is 5.75 Å². The van der Waals surface area contributed by atoms with Crippen LogP contribution in [0.5, 0.6) is 5.75 Å². The minimum atomic E-state index is 0.392. The highest BCUT2D eigenvalue weighted by Crippen LogP contribution is 2.25. The molecule has 0 saturated carbocycles. The van der Waals surface area contributed by atoms with Crippen LogP contribution in [0.1, 0.15) is 46.1 Å². The van der Waals surface area contributed by atoms with Crippen LogP contribution >= 0.6 is 15.9 Å². The summed E-state index contributed by atoms with van der Waals surface area (Å²) in [4.78, 5) is 2.49. The van der Waals surface area contributed by atoms with Crippen LogP contribution in [0.4, 0.5) is 0 Å². The van der Waals surface area contributed by atoms with Gasteiger partial charge in [-0.1, -0.05) is 43.6 Å². The van der Waals surface area contributed by atoms with E-state index in [-0.39, 0.29) is 0 Å². The molecule has 0 aliphatic carbocycles. The van der Waals surface area contributed by atoms with Gasteiger partial charge >= 0.3 is 0 Å². The zero-order chi connectivity index (χ0) is 14.4. The first-order valence-electron chi connectivity index (χ1n) is 7.19. The van der Waals surface area contributed by atoms with Crippen molar-refractivity contribution in [3.05, 3.63) is 28.2 Å². The maximum Gasteiger partial charge on any atom is 0.120 e. The Labute approximate surface area is 126 Å². The number of hydrogen-bond donors (Lipinski definition) is 1. The lowest BCUT2D eigenvalue weighted by Crippen LogP contribution is -2.36. The third-order valence-electron chi connectivity index (χ3n) is 3.47. The predicted octanol–water partition coefficient (Wildman–Crippen LogP) is 4.80. The van der Waals surface area contributed by atoms with Gasteiger partial charge in [0.2, 0.25) is 0 Å². The summed E-state index contributed by atoms with van der Waals surface area (Å²) < 4.78 is 1.02. The van der Waals surface area contributed by atoms with Crippen molar-refractivity contribution in [3.63, 3.8) is 0 Å². The number of halogens is 1. The number of rotatable bonds is 7. The van der Waals surface area contributed by atoms with Gasteiger partial charge in [-0.15, -0.1) is 0 Å². The second kappa shape index (κ2) is 7.91. The molecule has 1 aromatic rings. The molecule has 0 aliphatic rings. The lowest BCUT2D eigenvalue weighted by Gasteiger charge is -2.32. The summed E-state index contributed by atoms with van der Waals surface area (Å²) in [5, 5.41) is 10.00. The van der Waals surface area contributed by atoms with Gasteiger partial charge in [-0.05, 0) is 37.0 Å². The van der Waals surface area contributed by atoms with Gasteiger partial charge in [0, 0.05) is 29.2 Å². The molecule has 0 radical (unpaired) electrons. The van der Waals surface area contributed by atoms with Crippen molar-refractivity contribution in [2.75, 3.05) is 6.54 Å². The van der Waals surface area contributed by atoms with Gasteiger partial charge in [-0.25, -0.2) is 0 Å². The molecule has 0 heterocycles. The molecule has 0 fully saturated rings. The highest BCUT2D eigenvalue weighted by molar-refractivity contribution is 9.10. The third kappa shape index (κ3) is 5.15. The van der Waals surface area contributed by atoms with Gasteiger partial charge in [0.15, 0.2) is 0 Å². The first-order chi connectivity index (χ1) is 8.97. The van der Waals surface area contributed by atoms with Crippen LogP contribution in [-0.4, -0.2) is 22.6 Å². The van der Waals surface area contributed by atoms with Gasteiger partial charge < -0.3 is 5.11 Å². The van der Waals surface area contributed by atoms with Crippen LogP contribution < -0.4 is 0 Å². The molecule has 2 nitrogen and oxygen atoms in total. The predicted molar refractivity (Wildman–Crippen MR) is 85.4 cm³/mol.